The Bertz CT molecular complexity index is 644. The lowest BCUT2D eigenvalue weighted by Crippen LogP contribution is -2.57. The van der Waals surface area contributed by atoms with Crippen LogP contribution in [-0.2, 0) is 14.3 Å². The van der Waals surface area contributed by atoms with Crippen molar-refractivity contribution >= 4 is 17.8 Å². The van der Waals surface area contributed by atoms with Crippen molar-refractivity contribution in [3.63, 3.8) is 0 Å². The molecule has 148 valence electrons. The largest absolute Gasteiger partial charge is 0.494 e. The summed E-state index contributed by atoms with van der Waals surface area (Å²) in [7, 11) is 0. The molecule has 1 aliphatic rings. The lowest BCUT2D eigenvalue weighted by molar-refractivity contribution is -0.147. The zero-order valence-electron chi connectivity index (χ0n) is 16.0. The number of nitrogens with one attached hydrogen (secondary N) is 1. The molecule has 1 saturated heterocycles. The SMILES string of the molecule is CCCCCOC(=O)CC1C(=O)NCCN1C(=O)c1ccc(OCC)cc1. The third-order valence-electron chi connectivity index (χ3n) is 4.37. The third-order valence-corrected chi connectivity index (χ3v) is 4.37. The Morgan fingerprint density at radius 3 is 2.59 bits per heavy atom. The molecule has 7 nitrogen and oxygen atoms in total. The summed E-state index contributed by atoms with van der Waals surface area (Å²) in [4.78, 5) is 38.6. The predicted octanol–water partition coefficient (Wildman–Crippen LogP) is 2.15. The number of nitrogens with zero attached hydrogens (tertiary/aromatic N) is 1. The van der Waals surface area contributed by atoms with Gasteiger partial charge < -0.3 is 19.7 Å². The summed E-state index contributed by atoms with van der Waals surface area (Å²) >= 11 is 0. The molecule has 1 unspecified atom stereocenters. The molecule has 1 heterocycles. The normalized spacial score (nSPS) is 16.6. The molecule has 1 aliphatic heterocycles. The third kappa shape index (κ3) is 5.98. The van der Waals surface area contributed by atoms with Gasteiger partial charge in [-0.3, -0.25) is 14.4 Å². The van der Waals surface area contributed by atoms with Crippen LogP contribution in [0.15, 0.2) is 24.3 Å². The Kier molecular flexibility index (Phi) is 8.10. The maximum absolute atomic E-state index is 12.9. The van der Waals surface area contributed by atoms with Crippen LogP contribution in [0.2, 0.25) is 0 Å². The van der Waals surface area contributed by atoms with Crippen molar-refractivity contribution in [1.29, 1.82) is 0 Å². The van der Waals surface area contributed by atoms with Crippen molar-refractivity contribution < 1.29 is 23.9 Å². The fourth-order valence-corrected chi connectivity index (χ4v) is 2.94. The second-order valence-electron chi connectivity index (χ2n) is 6.39. The molecule has 1 N–H and O–H groups in total. The van der Waals surface area contributed by atoms with Crippen molar-refractivity contribution in [2.45, 2.75) is 45.6 Å². The summed E-state index contributed by atoms with van der Waals surface area (Å²) in [5, 5.41) is 2.72. The van der Waals surface area contributed by atoms with Crippen LogP contribution in [0.4, 0.5) is 0 Å². The van der Waals surface area contributed by atoms with Crippen LogP contribution >= 0.6 is 0 Å². The number of carbonyl (C=O) groups is 3. The molecule has 0 saturated carbocycles. The lowest BCUT2D eigenvalue weighted by atomic mass is 10.1. The highest BCUT2D eigenvalue weighted by molar-refractivity contribution is 5.99. The van der Waals surface area contributed by atoms with Gasteiger partial charge in [0.15, 0.2) is 0 Å². The number of benzene rings is 1. The molecule has 0 spiro atoms. The number of unbranched alkanes of at least 4 members (excludes halogenated alkanes) is 2. The summed E-state index contributed by atoms with van der Waals surface area (Å²) in [6, 6.07) is 5.92. The number of ether oxygens (including phenoxy) is 2. The van der Waals surface area contributed by atoms with Gasteiger partial charge in [0.25, 0.3) is 5.91 Å². The molecule has 1 atom stereocenters. The van der Waals surface area contributed by atoms with Gasteiger partial charge in [-0.25, -0.2) is 0 Å². The van der Waals surface area contributed by atoms with Crippen LogP contribution in [-0.4, -0.2) is 55.0 Å². The van der Waals surface area contributed by atoms with Crippen LogP contribution in [0.3, 0.4) is 0 Å². The molecule has 0 aliphatic carbocycles. The van der Waals surface area contributed by atoms with E-state index in [0.29, 0.717) is 37.6 Å². The molecule has 27 heavy (non-hydrogen) atoms. The zero-order chi connectivity index (χ0) is 19.6. The summed E-state index contributed by atoms with van der Waals surface area (Å²) in [6.45, 7) is 5.56. The summed E-state index contributed by atoms with van der Waals surface area (Å²) in [5.41, 5.74) is 0.453. The summed E-state index contributed by atoms with van der Waals surface area (Å²) in [5.74, 6) is -0.391. The Hall–Kier alpha value is -2.57. The minimum Gasteiger partial charge on any atom is -0.494 e. The van der Waals surface area contributed by atoms with Gasteiger partial charge in [-0.05, 0) is 37.6 Å². The van der Waals surface area contributed by atoms with Gasteiger partial charge in [-0.2, -0.15) is 0 Å². The van der Waals surface area contributed by atoms with Crippen molar-refractivity contribution in [1.82, 2.24) is 10.2 Å². The zero-order valence-corrected chi connectivity index (χ0v) is 16.0. The highest BCUT2D eigenvalue weighted by Gasteiger charge is 2.35. The van der Waals surface area contributed by atoms with E-state index in [1.165, 1.54) is 4.90 Å². The van der Waals surface area contributed by atoms with Gasteiger partial charge in [0.1, 0.15) is 11.8 Å². The van der Waals surface area contributed by atoms with Gasteiger partial charge in [-0.1, -0.05) is 19.8 Å². The number of piperazine rings is 1. The van der Waals surface area contributed by atoms with Crippen molar-refractivity contribution in [3.8, 4) is 5.75 Å². The number of rotatable bonds is 9. The van der Waals surface area contributed by atoms with Crippen molar-refractivity contribution in [3.05, 3.63) is 29.8 Å². The monoisotopic (exact) mass is 376 g/mol. The van der Waals surface area contributed by atoms with E-state index in [2.05, 4.69) is 12.2 Å². The molecule has 7 heteroatoms. The maximum Gasteiger partial charge on any atom is 0.308 e. The first-order valence-electron chi connectivity index (χ1n) is 9.54. The molecule has 0 radical (unpaired) electrons. The molecule has 1 aromatic carbocycles. The standard InChI is InChI=1S/C20H28N2O5/c1-3-5-6-13-27-18(23)14-17-19(24)21-11-12-22(17)20(25)15-7-9-16(10-8-15)26-4-2/h7-10,17H,3-6,11-14H2,1-2H3,(H,21,24). The predicted molar refractivity (Wildman–Crippen MR) is 101 cm³/mol. The first-order valence-corrected chi connectivity index (χ1v) is 9.54. The number of hydrogen-bond donors (Lipinski definition) is 1. The number of esters is 1. The smallest absolute Gasteiger partial charge is 0.308 e. The van der Waals surface area contributed by atoms with Crippen molar-refractivity contribution in [2.24, 2.45) is 0 Å². The molecule has 0 bridgehead atoms. The molecule has 2 amide bonds. The fraction of sp³-hybridized carbons (Fsp3) is 0.550. The van der Waals surface area contributed by atoms with Crippen LogP contribution in [0, 0.1) is 0 Å². The van der Waals surface area contributed by atoms with Crippen LogP contribution < -0.4 is 10.1 Å². The topological polar surface area (TPSA) is 84.9 Å². The molecular formula is C20H28N2O5. The molecular weight excluding hydrogens is 348 g/mol. The first kappa shape index (κ1) is 20.7. The molecule has 2 rings (SSSR count). The highest BCUT2D eigenvalue weighted by Crippen LogP contribution is 2.18. The van der Waals surface area contributed by atoms with E-state index in [4.69, 9.17) is 9.47 Å². The van der Waals surface area contributed by atoms with Gasteiger partial charge in [0, 0.05) is 18.7 Å². The molecule has 1 aromatic rings. The van der Waals surface area contributed by atoms with E-state index in [9.17, 15) is 14.4 Å². The van der Waals surface area contributed by atoms with E-state index >= 15 is 0 Å². The fourth-order valence-electron chi connectivity index (χ4n) is 2.94. The second-order valence-corrected chi connectivity index (χ2v) is 6.39. The first-order chi connectivity index (χ1) is 13.1. The summed E-state index contributed by atoms with van der Waals surface area (Å²) < 4.78 is 10.6. The summed E-state index contributed by atoms with van der Waals surface area (Å²) in [6.07, 6.45) is 2.68. The Morgan fingerprint density at radius 2 is 1.93 bits per heavy atom. The average Bonchev–Trinajstić information content (AvgIpc) is 2.67. The second kappa shape index (κ2) is 10.5. The Balaban J connectivity index is 2.02. The number of hydrogen-bond acceptors (Lipinski definition) is 5. The van der Waals surface area contributed by atoms with E-state index in [1.54, 1.807) is 24.3 Å². The lowest BCUT2D eigenvalue weighted by Gasteiger charge is -2.34. The number of amides is 2. The van der Waals surface area contributed by atoms with E-state index in [0.717, 1.165) is 19.3 Å². The highest BCUT2D eigenvalue weighted by atomic mass is 16.5. The average molecular weight is 376 g/mol. The van der Waals surface area contributed by atoms with Crippen LogP contribution in [0.1, 0.15) is 49.9 Å². The minimum absolute atomic E-state index is 0.138. The van der Waals surface area contributed by atoms with E-state index < -0.39 is 12.0 Å². The molecule has 0 aromatic heterocycles. The maximum atomic E-state index is 12.9. The Labute approximate surface area is 160 Å². The molecule has 1 fully saturated rings. The minimum atomic E-state index is -0.850. The van der Waals surface area contributed by atoms with E-state index in [1.807, 2.05) is 6.92 Å². The van der Waals surface area contributed by atoms with Crippen LogP contribution in [0.25, 0.3) is 0 Å². The van der Waals surface area contributed by atoms with Gasteiger partial charge >= 0.3 is 5.97 Å². The van der Waals surface area contributed by atoms with Gasteiger partial charge in [0.05, 0.1) is 19.6 Å². The Morgan fingerprint density at radius 1 is 1.19 bits per heavy atom. The van der Waals surface area contributed by atoms with E-state index in [-0.39, 0.29) is 18.2 Å². The van der Waals surface area contributed by atoms with Crippen molar-refractivity contribution in [2.75, 3.05) is 26.3 Å². The van der Waals surface area contributed by atoms with Crippen LogP contribution in [0.5, 0.6) is 5.75 Å². The number of carbonyl (C=O) groups excluding carboxylic acids is 3. The quantitative estimate of drug-likeness (QED) is 0.527. The van der Waals surface area contributed by atoms with Gasteiger partial charge in [0.2, 0.25) is 5.91 Å². The van der Waals surface area contributed by atoms with Gasteiger partial charge in [-0.15, -0.1) is 0 Å².